The van der Waals surface area contributed by atoms with Crippen LogP contribution < -0.4 is 10.6 Å². The Kier molecular flexibility index (Phi) is 5.30. The first-order valence-electron chi connectivity index (χ1n) is 6.36. The van der Waals surface area contributed by atoms with E-state index in [1.165, 1.54) is 11.3 Å². The molecule has 2 N–H and O–H groups in total. The Morgan fingerprint density at radius 2 is 2.00 bits per heavy atom. The summed E-state index contributed by atoms with van der Waals surface area (Å²) in [6, 6.07) is 6.58. The number of carbonyl (C=O) groups excluding carboxylic acids is 2. The summed E-state index contributed by atoms with van der Waals surface area (Å²) in [6.45, 7) is 2.44. The molecule has 2 amide bonds. The standard InChI is InChI=1S/C14H14ClN3O2S/c1-2-16-12(19)7-11-8-21-14(17-11)18-13(20)9-3-5-10(15)6-4-9/h3-6,8H,2,7H2,1H3,(H,16,19)(H,17,18,20). The molecule has 0 radical (unpaired) electrons. The van der Waals surface area contributed by atoms with E-state index in [1.54, 1.807) is 29.6 Å². The maximum atomic E-state index is 12.0. The van der Waals surface area contributed by atoms with Crippen molar-refractivity contribution in [3.8, 4) is 0 Å². The molecule has 1 heterocycles. The van der Waals surface area contributed by atoms with Gasteiger partial charge in [0.05, 0.1) is 12.1 Å². The molecule has 0 atom stereocenters. The molecule has 2 aromatic rings. The number of halogens is 1. The molecule has 0 aliphatic heterocycles. The lowest BCUT2D eigenvalue weighted by molar-refractivity contribution is -0.120. The molecule has 0 fully saturated rings. The zero-order valence-electron chi connectivity index (χ0n) is 11.4. The molecule has 2 rings (SSSR count). The van der Waals surface area contributed by atoms with Gasteiger partial charge >= 0.3 is 0 Å². The van der Waals surface area contributed by atoms with E-state index in [4.69, 9.17) is 11.6 Å². The Bertz CT molecular complexity index is 640. The number of anilines is 1. The van der Waals surface area contributed by atoms with Gasteiger partial charge in [-0.05, 0) is 31.2 Å². The van der Waals surface area contributed by atoms with Crippen molar-refractivity contribution in [2.24, 2.45) is 0 Å². The van der Waals surface area contributed by atoms with Crippen molar-refractivity contribution in [3.63, 3.8) is 0 Å². The van der Waals surface area contributed by atoms with Crippen molar-refractivity contribution in [1.82, 2.24) is 10.3 Å². The Morgan fingerprint density at radius 1 is 1.29 bits per heavy atom. The molecule has 1 aromatic heterocycles. The highest BCUT2D eigenvalue weighted by Gasteiger charge is 2.10. The molecule has 110 valence electrons. The molecule has 0 saturated carbocycles. The van der Waals surface area contributed by atoms with Crippen molar-refractivity contribution < 1.29 is 9.59 Å². The molecular formula is C14H14ClN3O2S. The number of nitrogens with zero attached hydrogens (tertiary/aromatic N) is 1. The minimum atomic E-state index is -0.259. The fourth-order valence-corrected chi connectivity index (χ4v) is 2.47. The molecule has 0 saturated heterocycles. The number of aromatic nitrogens is 1. The summed E-state index contributed by atoms with van der Waals surface area (Å²) in [5.41, 5.74) is 1.14. The molecule has 0 spiro atoms. The highest BCUT2D eigenvalue weighted by Crippen LogP contribution is 2.17. The monoisotopic (exact) mass is 323 g/mol. The number of benzene rings is 1. The highest BCUT2D eigenvalue weighted by atomic mass is 35.5. The van der Waals surface area contributed by atoms with Gasteiger partial charge < -0.3 is 5.32 Å². The van der Waals surface area contributed by atoms with Crippen molar-refractivity contribution in [2.75, 3.05) is 11.9 Å². The summed E-state index contributed by atoms with van der Waals surface area (Å²) < 4.78 is 0. The van der Waals surface area contributed by atoms with Crippen molar-refractivity contribution >= 4 is 39.9 Å². The van der Waals surface area contributed by atoms with E-state index in [9.17, 15) is 9.59 Å². The van der Waals surface area contributed by atoms with E-state index in [2.05, 4.69) is 15.6 Å². The summed E-state index contributed by atoms with van der Waals surface area (Å²) in [7, 11) is 0. The van der Waals surface area contributed by atoms with Crippen LogP contribution in [0.3, 0.4) is 0 Å². The molecule has 0 bridgehead atoms. The largest absolute Gasteiger partial charge is 0.356 e. The second kappa shape index (κ2) is 7.19. The molecule has 0 aliphatic rings. The van der Waals surface area contributed by atoms with Crippen LogP contribution in [-0.2, 0) is 11.2 Å². The van der Waals surface area contributed by atoms with E-state index in [0.29, 0.717) is 28.0 Å². The zero-order chi connectivity index (χ0) is 15.2. The molecule has 7 heteroatoms. The summed E-state index contributed by atoms with van der Waals surface area (Å²) in [5.74, 6) is -0.344. The normalized spacial score (nSPS) is 10.2. The molecular weight excluding hydrogens is 310 g/mol. The van der Waals surface area contributed by atoms with E-state index < -0.39 is 0 Å². The predicted octanol–water partition coefficient (Wildman–Crippen LogP) is 2.73. The van der Waals surface area contributed by atoms with E-state index in [1.807, 2.05) is 6.92 Å². The summed E-state index contributed by atoms with van der Waals surface area (Å²) >= 11 is 7.06. The van der Waals surface area contributed by atoms with Gasteiger partial charge in [0.2, 0.25) is 5.91 Å². The maximum absolute atomic E-state index is 12.0. The van der Waals surface area contributed by atoms with Gasteiger partial charge in [0.15, 0.2) is 5.13 Å². The Labute approximate surface area is 131 Å². The lowest BCUT2D eigenvalue weighted by atomic mass is 10.2. The van der Waals surface area contributed by atoms with E-state index in [-0.39, 0.29) is 18.2 Å². The average Bonchev–Trinajstić information content (AvgIpc) is 2.86. The fourth-order valence-electron chi connectivity index (χ4n) is 1.64. The molecule has 1 aromatic carbocycles. The van der Waals surface area contributed by atoms with Gasteiger partial charge in [0.25, 0.3) is 5.91 Å². The van der Waals surface area contributed by atoms with E-state index >= 15 is 0 Å². The summed E-state index contributed by atoms with van der Waals surface area (Å²) in [4.78, 5) is 27.7. The smallest absolute Gasteiger partial charge is 0.257 e. The number of rotatable bonds is 5. The lowest BCUT2D eigenvalue weighted by Gasteiger charge is -2.01. The van der Waals surface area contributed by atoms with Crippen LogP contribution in [0.25, 0.3) is 0 Å². The van der Waals surface area contributed by atoms with Gasteiger partial charge in [0, 0.05) is 22.5 Å². The van der Waals surface area contributed by atoms with Gasteiger partial charge in [-0.25, -0.2) is 4.98 Å². The number of nitrogens with one attached hydrogen (secondary N) is 2. The van der Waals surface area contributed by atoms with Crippen LogP contribution in [0.5, 0.6) is 0 Å². The quantitative estimate of drug-likeness (QED) is 0.888. The summed E-state index contributed by atoms with van der Waals surface area (Å²) in [5, 5.41) is 8.20. The lowest BCUT2D eigenvalue weighted by Crippen LogP contribution is -2.24. The van der Waals surface area contributed by atoms with Crippen molar-refractivity contribution in [2.45, 2.75) is 13.3 Å². The van der Waals surface area contributed by atoms with Crippen LogP contribution >= 0.6 is 22.9 Å². The topological polar surface area (TPSA) is 71.1 Å². The second-order valence-corrected chi connectivity index (χ2v) is 5.53. The number of thiazole rings is 1. The number of hydrogen-bond acceptors (Lipinski definition) is 4. The first-order chi connectivity index (χ1) is 10.1. The number of hydrogen-bond donors (Lipinski definition) is 2. The Morgan fingerprint density at radius 3 is 2.67 bits per heavy atom. The predicted molar refractivity (Wildman–Crippen MR) is 83.9 cm³/mol. The minimum absolute atomic E-state index is 0.0848. The zero-order valence-corrected chi connectivity index (χ0v) is 12.9. The molecule has 0 aliphatic carbocycles. The second-order valence-electron chi connectivity index (χ2n) is 4.24. The minimum Gasteiger partial charge on any atom is -0.356 e. The number of amides is 2. The average molecular weight is 324 g/mol. The molecule has 21 heavy (non-hydrogen) atoms. The van der Waals surface area contributed by atoms with Gasteiger partial charge in [0.1, 0.15) is 0 Å². The third kappa shape index (κ3) is 4.54. The van der Waals surface area contributed by atoms with Crippen molar-refractivity contribution in [3.05, 3.63) is 45.9 Å². The summed E-state index contributed by atoms with van der Waals surface area (Å²) in [6.07, 6.45) is 0.209. The van der Waals surface area contributed by atoms with Gasteiger partial charge in [-0.3, -0.25) is 14.9 Å². The van der Waals surface area contributed by atoms with Crippen LogP contribution in [0.1, 0.15) is 23.0 Å². The Hall–Kier alpha value is -1.92. The van der Waals surface area contributed by atoms with Crippen LogP contribution in [0, 0.1) is 0 Å². The number of likely N-dealkylation sites (N-methyl/N-ethyl adjacent to an activating group) is 1. The number of carbonyl (C=O) groups is 2. The first kappa shape index (κ1) is 15.5. The van der Waals surface area contributed by atoms with Gasteiger partial charge in [-0.15, -0.1) is 11.3 Å². The van der Waals surface area contributed by atoms with Crippen LogP contribution in [-0.4, -0.2) is 23.3 Å². The SMILES string of the molecule is CCNC(=O)Cc1csc(NC(=O)c2ccc(Cl)cc2)n1. The Balaban J connectivity index is 1.97. The van der Waals surface area contributed by atoms with Gasteiger partial charge in [-0.2, -0.15) is 0 Å². The third-order valence-electron chi connectivity index (χ3n) is 2.59. The first-order valence-corrected chi connectivity index (χ1v) is 7.62. The third-order valence-corrected chi connectivity index (χ3v) is 3.65. The van der Waals surface area contributed by atoms with Crippen LogP contribution in [0.2, 0.25) is 5.02 Å². The van der Waals surface area contributed by atoms with Crippen molar-refractivity contribution in [1.29, 1.82) is 0 Å². The fraction of sp³-hybridized carbons (Fsp3) is 0.214. The maximum Gasteiger partial charge on any atom is 0.257 e. The molecule has 0 unspecified atom stereocenters. The van der Waals surface area contributed by atoms with E-state index in [0.717, 1.165) is 0 Å². The van der Waals surface area contributed by atoms with Crippen LogP contribution in [0.15, 0.2) is 29.6 Å². The highest BCUT2D eigenvalue weighted by molar-refractivity contribution is 7.14. The molecule has 5 nitrogen and oxygen atoms in total. The van der Waals surface area contributed by atoms with Crippen LogP contribution in [0.4, 0.5) is 5.13 Å². The van der Waals surface area contributed by atoms with Gasteiger partial charge in [-0.1, -0.05) is 11.6 Å².